The smallest absolute Gasteiger partial charge is 0.327 e. The molecule has 98 valence electrons. The van der Waals surface area contributed by atoms with Crippen LogP contribution in [0.15, 0.2) is 6.33 Å². The van der Waals surface area contributed by atoms with Crippen LogP contribution in [0.3, 0.4) is 0 Å². The first-order valence-electron chi connectivity index (χ1n) is 5.47. The summed E-state index contributed by atoms with van der Waals surface area (Å²) in [4.78, 5) is 3.94. The Labute approximate surface area is 98.0 Å². The van der Waals surface area contributed by atoms with Crippen molar-refractivity contribution < 1.29 is 13.2 Å². The lowest BCUT2D eigenvalue weighted by Crippen LogP contribution is -2.31. The van der Waals surface area contributed by atoms with Crippen LogP contribution in [-0.2, 0) is 13.0 Å². The molecule has 0 aliphatic carbocycles. The normalized spacial score (nSPS) is 14.3. The van der Waals surface area contributed by atoms with Crippen LogP contribution < -0.4 is 5.73 Å². The van der Waals surface area contributed by atoms with Crippen LogP contribution in [-0.4, -0.2) is 27.0 Å². The maximum Gasteiger partial charge on any atom is 0.390 e. The van der Waals surface area contributed by atoms with Crippen molar-refractivity contribution in [3.8, 4) is 0 Å². The molecule has 1 heterocycles. The van der Waals surface area contributed by atoms with Crippen molar-refractivity contribution in [3.05, 3.63) is 12.2 Å². The number of nitrogens with two attached hydrogens (primary N) is 1. The van der Waals surface area contributed by atoms with Gasteiger partial charge in [-0.1, -0.05) is 13.8 Å². The van der Waals surface area contributed by atoms with E-state index < -0.39 is 18.6 Å². The molecule has 0 amide bonds. The molecule has 1 aromatic heterocycles. The fourth-order valence-electron chi connectivity index (χ4n) is 1.55. The van der Waals surface area contributed by atoms with Crippen molar-refractivity contribution in [1.82, 2.24) is 14.8 Å². The molecule has 0 fully saturated rings. The number of halogens is 3. The van der Waals surface area contributed by atoms with Crippen molar-refractivity contribution in [2.45, 2.75) is 45.5 Å². The Morgan fingerprint density at radius 3 is 2.59 bits per heavy atom. The zero-order valence-electron chi connectivity index (χ0n) is 9.91. The Morgan fingerprint density at radius 1 is 1.41 bits per heavy atom. The van der Waals surface area contributed by atoms with E-state index in [0.29, 0.717) is 18.3 Å². The van der Waals surface area contributed by atoms with Gasteiger partial charge in [-0.05, 0) is 5.92 Å². The van der Waals surface area contributed by atoms with Gasteiger partial charge in [-0.25, -0.2) is 9.67 Å². The lowest BCUT2D eigenvalue weighted by Gasteiger charge is -2.14. The van der Waals surface area contributed by atoms with E-state index in [1.165, 1.54) is 6.33 Å². The molecular formula is C10H17F3N4. The Hall–Kier alpha value is -1.11. The van der Waals surface area contributed by atoms with E-state index in [-0.39, 0.29) is 6.42 Å². The third kappa shape index (κ3) is 5.16. The fourth-order valence-corrected chi connectivity index (χ4v) is 1.55. The van der Waals surface area contributed by atoms with E-state index in [1.807, 2.05) is 13.8 Å². The third-order valence-electron chi connectivity index (χ3n) is 2.17. The van der Waals surface area contributed by atoms with Crippen LogP contribution in [0.2, 0.25) is 0 Å². The molecular weight excluding hydrogens is 233 g/mol. The molecule has 1 aromatic rings. The summed E-state index contributed by atoms with van der Waals surface area (Å²) in [6.07, 6.45) is -3.80. The first-order chi connectivity index (χ1) is 7.78. The van der Waals surface area contributed by atoms with Gasteiger partial charge in [0.05, 0.1) is 6.42 Å². The molecule has 0 aliphatic heterocycles. The van der Waals surface area contributed by atoms with Gasteiger partial charge >= 0.3 is 6.18 Å². The highest BCUT2D eigenvalue weighted by Crippen LogP contribution is 2.21. The quantitative estimate of drug-likeness (QED) is 0.866. The van der Waals surface area contributed by atoms with Crippen molar-refractivity contribution in [3.63, 3.8) is 0 Å². The molecule has 7 heteroatoms. The summed E-state index contributed by atoms with van der Waals surface area (Å²) in [5.41, 5.74) is 5.45. The largest absolute Gasteiger partial charge is 0.390 e. The van der Waals surface area contributed by atoms with Crippen molar-refractivity contribution in [2.24, 2.45) is 11.7 Å². The first kappa shape index (κ1) is 14.0. The molecule has 0 radical (unpaired) electrons. The van der Waals surface area contributed by atoms with Crippen LogP contribution >= 0.6 is 0 Å². The molecule has 0 bridgehead atoms. The van der Waals surface area contributed by atoms with Crippen molar-refractivity contribution in [2.75, 3.05) is 0 Å². The summed E-state index contributed by atoms with van der Waals surface area (Å²) >= 11 is 0. The van der Waals surface area contributed by atoms with Gasteiger partial charge in [0, 0.05) is 19.0 Å². The van der Waals surface area contributed by atoms with Gasteiger partial charge < -0.3 is 5.73 Å². The molecule has 4 nitrogen and oxygen atoms in total. The van der Waals surface area contributed by atoms with Crippen LogP contribution in [0.25, 0.3) is 0 Å². The molecule has 1 unspecified atom stereocenters. The van der Waals surface area contributed by atoms with Crippen molar-refractivity contribution in [1.29, 1.82) is 0 Å². The molecule has 0 spiro atoms. The van der Waals surface area contributed by atoms with E-state index in [2.05, 4.69) is 10.1 Å². The van der Waals surface area contributed by atoms with Gasteiger partial charge in [-0.15, -0.1) is 0 Å². The molecule has 0 saturated heterocycles. The lowest BCUT2D eigenvalue weighted by atomic mass is 10.1. The second kappa shape index (κ2) is 5.48. The van der Waals surface area contributed by atoms with Gasteiger partial charge in [0.2, 0.25) is 0 Å². The molecule has 0 aromatic carbocycles. The van der Waals surface area contributed by atoms with Crippen LogP contribution in [0.1, 0.15) is 26.1 Å². The zero-order chi connectivity index (χ0) is 13.1. The third-order valence-corrected chi connectivity index (χ3v) is 2.17. The topological polar surface area (TPSA) is 56.7 Å². The highest BCUT2D eigenvalue weighted by atomic mass is 19.4. The SMILES string of the molecule is CC(C)Cn1ncnc1CC(N)CC(F)(F)F. The van der Waals surface area contributed by atoms with Gasteiger partial charge in [-0.2, -0.15) is 18.3 Å². The number of alkyl halides is 3. The number of rotatable bonds is 5. The molecule has 2 N–H and O–H groups in total. The highest BCUT2D eigenvalue weighted by Gasteiger charge is 2.30. The van der Waals surface area contributed by atoms with E-state index in [1.54, 1.807) is 4.68 Å². The average Bonchev–Trinajstić information content (AvgIpc) is 2.47. The van der Waals surface area contributed by atoms with Gasteiger partial charge in [0.25, 0.3) is 0 Å². The Kier molecular flexibility index (Phi) is 4.50. The predicted molar refractivity (Wildman–Crippen MR) is 57.2 cm³/mol. The molecule has 1 atom stereocenters. The summed E-state index contributed by atoms with van der Waals surface area (Å²) in [5, 5.41) is 3.97. The summed E-state index contributed by atoms with van der Waals surface area (Å²) in [6, 6.07) is -0.967. The number of hydrogen-bond acceptors (Lipinski definition) is 3. The predicted octanol–water partition coefficient (Wildman–Crippen LogP) is 1.76. The summed E-state index contributed by atoms with van der Waals surface area (Å²) in [7, 11) is 0. The van der Waals surface area contributed by atoms with E-state index in [4.69, 9.17) is 5.73 Å². The van der Waals surface area contributed by atoms with E-state index in [0.717, 1.165) is 0 Å². The number of nitrogens with zero attached hydrogens (tertiary/aromatic N) is 3. The number of aromatic nitrogens is 3. The standard InChI is InChI=1S/C10H17F3N4/c1-7(2)5-17-9(15-6-16-17)3-8(14)4-10(11,12)13/h6-8H,3-5,14H2,1-2H3. The van der Waals surface area contributed by atoms with Crippen molar-refractivity contribution >= 4 is 0 Å². The minimum atomic E-state index is -4.23. The van der Waals surface area contributed by atoms with E-state index >= 15 is 0 Å². The zero-order valence-corrected chi connectivity index (χ0v) is 9.91. The average molecular weight is 250 g/mol. The summed E-state index contributed by atoms with van der Waals surface area (Å²) in [6.45, 7) is 4.64. The second-order valence-electron chi connectivity index (χ2n) is 4.54. The Bertz CT molecular complexity index is 346. The van der Waals surface area contributed by atoms with Crippen LogP contribution in [0.4, 0.5) is 13.2 Å². The maximum absolute atomic E-state index is 12.1. The Morgan fingerprint density at radius 2 is 2.06 bits per heavy atom. The van der Waals surface area contributed by atoms with E-state index in [9.17, 15) is 13.2 Å². The highest BCUT2D eigenvalue weighted by molar-refractivity contribution is 4.89. The fraction of sp³-hybridized carbons (Fsp3) is 0.800. The summed E-state index contributed by atoms with van der Waals surface area (Å²) in [5.74, 6) is 0.866. The van der Waals surface area contributed by atoms with Crippen LogP contribution in [0.5, 0.6) is 0 Å². The first-order valence-corrected chi connectivity index (χ1v) is 5.47. The monoisotopic (exact) mass is 250 g/mol. The molecule has 17 heavy (non-hydrogen) atoms. The van der Waals surface area contributed by atoms with Gasteiger partial charge in [-0.3, -0.25) is 0 Å². The minimum absolute atomic E-state index is 0.0895. The van der Waals surface area contributed by atoms with Gasteiger partial charge in [0.15, 0.2) is 0 Å². The molecule has 0 saturated carbocycles. The summed E-state index contributed by atoms with van der Waals surface area (Å²) < 4.78 is 38.0. The lowest BCUT2D eigenvalue weighted by molar-refractivity contribution is -0.138. The Balaban J connectivity index is 2.59. The molecule has 1 rings (SSSR count). The minimum Gasteiger partial charge on any atom is -0.327 e. The van der Waals surface area contributed by atoms with Gasteiger partial charge in [0.1, 0.15) is 12.2 Å². The molecule has 0 aliphatic rings. The number of hydrogen-bond donors (Lipinski definition) is 1. The second-order valence-corrected chi connectivity index (χ2v) is 4.54. The maximum atomic E-state index is 12.1. The van der Waals surface area contributed by atoms with Crippen LogP contribution in [0, 0.1) is 5.92 Å².